The molecule has 0 aliphatic heterocycles. The van der Waals surface area contributed by atoms with Crippen molar-refractivity contribution in [1.82, 2.24) is 5.43 Å². The van der Waals surface area contributed by atoms with Crippen molar-refractivity contribution < 1.29 is 31.1 Å². The van der Waals surface area contributed by atoms with Gasteiger partial charge in [-0.05, 0) is 18.1 Å². The molecule has 0 aliphatic rings. The summed E-state index contributed by atoms with van der Waals surface area (Å²) in [6, 6.07) is 2.64. The zero-order valence-corrected chi connectivity index (χ0v) is 10.8. The van der Waals surface area contributed by atoms with Gasteiger partial charge in [0.25, 0.3) is 0 Å². The van der Waals surface area contributed by atoms with Crippen molar-refractivity contribution in [3.63, 3.8) is 0 Å². The molecule has 0 radical (unpaired) electrons. The summed E-state index contributed by atoms with van der Waals surface area (Å²) in [7, 11) is 0. The molecule has 0 spiro atoms. The van der Waals surface area contributed by atoms with Crippen LogP contribution in [0.3, 0.4) is 0 Å². The standard InChI is InChI=1S/C12H14F6N2O/c13-9-3-1-2-7(10(9)14)4-8(20-19)5-21-6-12(17,18)11(15)16/h1-3,8,11,20H,4-6,19H2. The third kappa shape index (κ3) is 5.18. The van der Waals surface area contributed by atoms with Crippen LogP contribution in [0.2, 0.25) is 0 Å². The Hall–Kier alpha value is -1.32. The van der Waals surface area contributed by atoms with Crippen LogP contribution in [0.25, 0.3) is 0 Å². The fourth-order valence-corrected chi connectivity index (χ4v) is 1.54. The molecule has 3 N–H and O–H groups in total. The number of alkyl halides is 4. The third-order valence-electron chi connectivity index (χ3n) is 2.67. The van der Waals surface area contributed by atoms with E-state index in [0.29, 0.717) is 0 Å². The van der Waals surface area contributed by atoms with Gasteiger partial charge in [-0.25, -0.2) is 17.6 Å². The molecule has 1 atom stereocenters. The molecule has 3 nitrogen and oxygen atoms in total. The van der Waals surface area contributed by atoms with Crippen LogP contribution in [0.15, 0.2) is 18.2 Å². The van der Waals surface area contributed by atoms with E-state index < -0.39 is 43.2 Å². The van der Waals surface area contributed by atoms with E-state index in [0.717, 1.165) is 6.07 Å². The predicted octanol–water partition coefficient (Wildman–Crippen LogP) is 2.26. The van der Waals surface area contributed by atoms with Crippen molar-refractivity contribution in [3.05, 3.63) is 35.4 Å². The lowest BCUT2D eigenvalue weighted by atomic mass is 10.1. The number of hydrogen-bond donors (Lipinski definition) is 2. The number of ether oxygens (including phenoxy) is 1. The van der Waals surface area contributed by atoms with Gasteiger partial charge in [0.2, 0.25) is 0 Å². The first-order chi connectivity index (χ1) is 9.77. The Balaban J connectivity index is 2.55. The van der Waals surface area contributed by atoms with Crippen LogP contribution in [0, 0.1) is 11.6 Å². The summed E-state index contributed by atoms with van der Waals surface area (Å²) in [5.41, 5.74) is 2.13. The lowest BCUT2D eigenvalue weighted by Crippen LogP contribution is -2.42. The first-order valence-electron chi connectivity index (χ1n) is 5.90. The minimum Gasteiger partial charge on any atom is -0.373 e. The molecule has 1 aromatic carbocycles. The summed E-state index contributed by atoms with van der Waals surface area (Å²) in [6.07, 6.45) is -4.00. The second-order valence-electron chi connectivity index (χ2n) is 4.36. The van der Waals surface area contributed by atoms with Crippen molar-refractivity contribution in [3.8, 4) is 0 Å². The van der Waals surface area contributed by atoms with E-state index in [2.05, 4.69) is 10.2 Å². The summed E-state index contributed by atoms with van der Waals surface area (Å²) in [5.74, 6) is -1.29. The SMILES string of the molecule is NNC(COCC(F)(F)C(F)F)Cc1cccc(F)c1F. The van der Waals surface area contributed by atoms with E-state index in [4.69, 9.17) is 5.84 Å². The molecule has 0 saturated heterocycles. The Morgan fingerprint density at radius 2 is 1.90 bits per heavy atom. The molecule has 0 aliphatic carbocycles. The average molecular weight is 316 g/mol. The van der Waals surface area contributed by atoms with Gasteiger partial charge in [-0.2, -0.15) is 8.78 Å². The van der Waals surface area contributed by atoms with Crippen LogP contribution in [-0.2, 0) is 11.2 Å². The number of hydrogen-bond acceptors (Lipinski definition) is 3. The van der Waals surface area contributed by atoms with Gasteiger partial charge >= 0.3 is 12.3 Å². The molecule has 0 aromatic heterocycles. The lowest BCUT2D eigenvalue weighted by molar-refractivity contribution is -0.167. The molecular weight excluding hydrogens is 302 g/mol. The Kier molecular flexibility index (Phi) is 6.43. The lowest BCUT2D eigenvalue weighted by Gasteiger charge is -2.19. The fraction of sp³-hybridized carbons (Fsp3) is 0.500. The summed E-state index contributed by atoms with van der Waals surface area (Å²) in [6.45, 7) is -1.96. The largest absolute Gasteiger partial charge is 0.373 e. The van der Waals surface area contributed by atoms with Crippen LogP contribution in [-0.4, -0.2) is 31.6 Å². The molecule has 0 bridgehead atoms. The van der Waals surface area contributed by atoms with Gasteiger partial charge in [-0.15, -0.1) is 0 Å². The molecule has 0 amide bonds. The van der Waals surface area contributed by atoms with Gasteiger partial charge in [0.1, 0.15) is 6.61 Å². The molecule has 1 rings (SSSR count). The summed E-state index contributed by atoms with van der Waals surface area (Å²) < 4.78 is 79.9. The number of halogens is 6. The van der Waals surface area contributed by atoms with Gasteiger partial charge in [0, 0.05) is 6.04 Å². The highest BCUT2D eigenvalue weighted by Gasteiger charge is 2.41. The van der Waals surface area contributed by atoms with Crippen molar-refractivity contribution in [2.75, 3.05) is 13.2 Å². The van der Waals surface area contributed by atoms with E-state index >= 15 is 0 Å². The Labute approximate surface area is 117 Å². The normalized spacial score (nSPS) is 13.7. The molecule has 0 saturated carbocycles. The minimum absolute atomic E-state index is 0.0397. The third-order valence-corrected chi connectivity index (χ3v) is 2.67. The quantitative estimate of drug-likeness (QED) is 0.439. The molecule has 21 heavy (non-hydrogen) atoms. The first kappa shape index (κ1) is 17.7. The fourth-order valence-electron chi connectivity index (χ4n) is 1.54. The Morgan fingerprint density at radius 1 is 1.24 bits per heavy atom. The Morgan fingerprint density at radius 3 is 2.48 bits per heavy atom. The smallest absolute Gasteiger partial charge is 0.330 e. The van der Waals surface area contributed by atoms with Gasteiger partial charge in [0.15, 0.2) is 11.6 Å². The average Bonchev–Trinajstić information content (AvgIpc) is 2.42. The Bertz CT molecular complexity index is 457. The molecular formula is C12H14F6N2O. The van der Waals surface area contributed by atoms with Crippen LogP contribution >= 0.6 is 0 Å². The number of nitrogens with one attached hydrogen (secondary N) is 1. The molecule has 120 valence electrons. The van der Waals surface area contributed by atoms with Crippen LogP contribution in [0.4, 0.5) is 26.3 Å². The number of nitrogens with two attached hydrogens (primary N) is 1. The highest BCUT2D eigenvalue weighted by atomic mass is 19.3. The highest BCUT2D eigenvalue weighted by Crippen LogP contribution is 2.23. The van der Waals surface area contributed by atoms with Gasteiger partial charge in [-0.1, -0.05) is 12.1 Å². The molecule has 1 aromatic rings. The maximum absolute atomic E-state index is 13.4. The number of rotatable bonds is 8. The zero-order valence-electron chi connectivity index (χ0n) is 10.8. The first-order valence-corrected chi connectivity index (χ1v) is 5.90. The van der Waals surface area contributed by atoms with Crippen molar-refractivity contribution in [1.29, 1.82) is 0 Å². The number of hydrazine groups is 1. The maximum Gasteiger partial charge on any atom is 0.330 e. The number of benzene rings is 1. The van der Waals surface area contributed by atoms with Crippen LogP contribution in [0.1, 0.15) is 5.56 Å². The van der Waals surface area contributed by atoms with E-state index in [1.54, 1.807) is 0 Å². The van der Waals surface area contributed by atoms with E-state index in [-0.39, 0.29) is 12.0 Å². The van der Waals surface area contributed by atoms with E-state index in [9.17, 15) is 26.3 Å². The summed E-state index contributed by atoms with van der Waals surface area (Å²) >= 11 is 0. The molecule has 0 fully saturated rings. The van der Waals surface area contributed by atoms with Crippen molar-refractivity contribution in [2.45, 2.75) is 24.8 Å². The van der Waals surface area contributed by atoms with Gasteiger partial charge in [-0.3, -0.25) is 11.3 Å². The van der Waals surface area contributed by atoms with Crippen LogP contribution < -0.4 is 11.3 Å². The summed E-state index contributed by atoms with van der Waals surface area (Å²) in [4.78, 5) is 0. The highest BCUT2D eigenvalue weighted by molar-refractivity contribution is 5.20. The van der Waals surface area contributed by atoms with Crippen LogP contribution in [0.5, 0.6) is 0 Å². The molecule has 0 heterocycles. The minimum atomic E-state index is -4.27. The topological polar surface area (TPSA) is 47.3 Å². The van der Waals surface area contributed by atoms with E-state index in [1.807, 2.05) is 0 Å². The second-order valence-corrected chi connectivity index (χ2v) is 4.36. The summed E-state index contributed by atoms with van der Waals surface area (Å²) in [5, 5.41) is 0. The molecule has 9 heteroatoms. The van der Waals surface area contributed by atoms with Gasteiger partial charge in [0.05, 0.1) is 6.61 Å². The maximum atomic E-state index is 13.4. The van der Waals surface area contributed by atoms with Crippen molar-refractivity contribution >= 4 is 0 Å². The molecule has 1 unspecified atom stereocenters. The zero-order chi connectivity index (χ0) is 16.0. The van der Waals surface area contributed by atoms with Gasteiger partial charge < -0.3 is 4.74 Å². The predicted molar refractivity (Wildman–Crippen MR) is 62.9 cm³/mol. The monoisotopic (exact) mass is 316 g/mol. The second kappa shape index (κ2) is 7.62. The van der Waals surface area contributed by atoms with Crippen molar-refractivity contribution in [2.24, 2.45) is 5.84 Å². The van der Waals surface area contributed by atoms with E-state index in [1.165, 1.54) is 12.1 Å².